The van der Waals surface area contributed by atoms with E-state index in [1.54, 1.807) is 0 Å². The van der Waals surface area contributed by atoms with Crippen LogP contribution in [-0.2, 0) is 4.79 Å². The van der Waals surface area contributed by atoms with E-state index in [2.05, 4.69) is 11.9 Å². The average molecular weight is 211 g/mol. The van der Waals surface area contributed by atoms with Crippen molar-refractivity contribution in [3.63, 3.8) is 0 Å². The van der Waals surface area contributed by atoms with E-state index in [0.29, 0.717) is 0 Å². The van der Waals surface area contributed by atoms with Crippen molar-refractivity contribution < 1.29 is 23.1 Å². The first-order chi connectivity index (χ1) is 6.22. The number of alkyl halides is 3. The highest BCUT2D eigenvalue weighted by Crippen LogP contribution is 2.21. The van der Waals surface area contributed by atoms with Crippen LogP contribution in [0.25, 0.3) is 0 Å². The Hall–Kier alpha value is -1.04. The lowest BCUT2D eigenvalue weighted by molar-refractivity contribution is -0.138. The topological polar surface area (TPSA) is 49.3 Å². The Labute approximate surface area is 79.6 Å². The van der Waals surface area contributed by atoms with Gasteiger partial charge >= 0.3 is 12.1 Å². The van der Waals surface area contributed by atoms with Crippen LogP contribution >= 0.6 is 0 Å². The molecule has 0 aromatic heterocycles. The van der Waals surface area contributed by atoms with Gasteiger partial charge < -0.3 is 10.4 Å². The number of halogens is 3. The molecule has 0 aliphatic rings. The van der Waals surface area contributed by atoms with Crippen LogP contribution in [0.1, 0.15) is 13.3 Å². The number of carbonyl (C=O) groups is 1. The van der Waals surface area contributed by atoms with E-state index in [1.807, 2.05) is 0 Å². The SMILES string of the molecule is C=C(CNC(C)CC(F)(F)F)C(=O)O. The average Bonchev–Trinajstić information content (AvgIpc) is 1.96. The normalized spacial score (nSPS) is 13.7. The monoisotopic (exact) mass is 211 g/mol. The Morgan fingerprint density at radius 1 is 1.57 bits per heavy atom. The molecule has 0 aromatic rings. The maximum Gasteiger partial charge on any atom is 0.390 e. The lowest BCUT2D eigenvalue weighted by Crippen LogP contribution is -2.33. The number of carboxylic acid groups (broad SMARTS) is 1. The van der Waals surface area contributed by atoms with Gasteiger partial charge in [-0.25, -0.2) is 4.79 Å². The summed E-state index contributed by atoms with van der Waals surface area (Å²) in [5.41, 5.74) is -0.154. The van der Waals surface area contributed by atoms with E-state index in [1.165, 1.54) is 6.92 Å². The van der Waals surface area contributed by atoms with E-state index < -0.39 is 24.6 Å². The zero-order valence-corrected chi connectivity index (χ0v) is 7.69. The van der Waals surface area contributed by atoms with Crippen molar-refractivity contribution in [2.75, 3.05) is 6.54 Å². The van der Waals surface area contributed by atoms with Crippen LogP contribution in [-0.4, -0.2) is 29.8 Å². The van der Waals surface area contributed by atoms with Gasteiger partial charge in [-0.2, -0.15) is 13.2 Å². The fourth-order valence-corrected chi connectivity index (χ4v) is 0.792. The highest BCUT2D eigenvalue weighted by molar-refractivity contribution is 5.86. The van der Waals surface area contributed by atoms with Crippen LogP contribution in [0.3, 0.4) is 0 Å². The number of hydrogen-bond donors (Lipinski definition) is 2. The van der Waals surface area contributed by atoms with E-state index in [0.717, 1.165) is 0 Å². The third-order valence-electron chi connectivity index (χ3n) is 1.50. The van der Waals surface area contributed by atoms with E-state index in [4.69, 9.17) is 5.11 Å². The quantitative estimate of drug-likeness (QED) is 0.678. The van der Waals surface area contributed by atoms with Crippen molar-refractivity contribution >= 4 is 5.97 Å². The highest BCUT2D eigenvalue weighted by atomic mass is 19.4. The van der Waals surface area contributed by atoms with Gasteiger partial charge in [-0.1, -0.05) is 6.58 Å². The molecule has 1 unspecified atom stereocenters. The molecule has 0 radical (unpaired) electrons. The van der Waals surface area contributed by atoms with Crippen LogP contribution in [0.4, 0.5) is 13.2 Å². The second-order valence-electron chi connectivity index (χ2n) is 3.01. The Bertz CT molecular complexity index is 225. The van der Waals surface area contributed by atoms with Crippen LogP contribution in [0.15, 0.2) is 12.2 Å². The molecule has 3 nitrogen and oxygen atoms in total. The molecule has 0 bridgehead atoms. The summed E-state index contributed by atoms with van der Waals surface area (Å²) in [6.45, 7) is 4.37. The summed E-state index contributed by atoms with van der Waals surface area (Å²) in [4.78, 5) is 10.2. The Kier molecular flexibility index (Phi) is 4.62. The van der Waals surface area contributed by atoms with Gasteiger partial charge in [-0.3, -0.25) is 0 Å². The summed E-state index contributed by atoms with van der Waals surface area (Å²) in [7, 11) is 0. The third kappa shape index (κ3) is 6.47. The summed E-state index contributed by atoms with van der Waals surface area (Å²) in [6.07, 6.45) is -5.23. The molecule has 0 fully saturated rings. The molecule has 82 valence electrons. The van der Waals surface area contributed by atoms with Gasteiger partial charge in [0.2, 0.25) is 0 Å². The first kappa shape index (κ1) is 13.0. The zero-order chi connectivity index (χ0) is 11.4. The maximum absolute atomic E-state index is 11.8. The summed E-state index contributed by atoms with van der Waals surface area (Å²) in [5, 5.41) is 10.8. The van der Waals surface area contributed by atoms with Crippen molar-refractivity contribution in [3.05, 3.63) is 12.2 Å². The minimum Gasteiger partial charge on any atom is -0.478 e. The van der Waals surface area contributed by atoms with Crippen LogP contribution in [0.2, 0.25) is 0 Å². The van der Waals surface area contributed by atoms with Crippen LogP contribution < -0.4 is 5.32 Å². The summed E-state index contributed by atoms with van der Waals surface area (Å²) >= 11 is 0. The van der Waals surface area contributed by atoms with Gasteiger partial charge in [0.05, 0.1) is 6.42 Å². The third-order valence-corrected chi connectivity index (χ3v) is 1.50. The molecule has 0 heterocycles. The van der Waals surface area contributed by atoms with E-state index in [9.17, 15) is 18.0 Å². The van der Waals surface area contributed by atoms with E-state index >= 15 is 0 Å². The Morgan fingerprint density at radius 2 is 2.07 bits per heavy atom. The van der Waals surface area contributed by atoms with E-state index in [-0.39, 0.29) is 12.1 Å². The number of hydrogen-bond acceptors (Lipinski definition) is 2. The second-order valence-corrected chi connectivity index (χ2v) is 3.01. The fraction of sp³-hybridized carbons (Fsp3) is 0.625. The minimum absolute atomic E-state index is 0.146. The molecule has 2 N–H and O–H groups in total. The summed E-state index contributed by atoms with van der Waals surface area (Å²) in [5.74, 6) is -1.21. The van der Waals surface area contributed by atoms with Gasteiger partial charge in [0.15, 0.2) is 0 Å². The predicted octanol–water partition coefficient (Wildman–Crippen LogP) is 1.56. The van der Waals surface area contributed by atoms with Crippen molar-refractivity contribution in [2.45, 2.75) is 25.6 Å². The molecular weight excluding hydrogens is 199 g/mol. The van der Waals surface area contributed by atoms with Crippen molar-refractivity contribution in [3.8, 4) is 0 Å². The molecule has 0 amide bonds. The first-order valence-electron chi connectivity index (χ1n) is 3.93. The highest BCUT2D eigenvalue weighted by Gasteiger charge is 2.29. The lowest BCUT2D eigenvalue weighted by Gasteiger charge is -2.15. The standard InChI is InChI=1S/C8H12F3NO2/c1-5(7(13)14)4-12-6(2)3-8(9,10)11/h6,12H,1,3-4H2,2H3,(H,13,14). The van der Waals surface area contributed by atoms with Gasteiger partial charge in [-0.15, -0.1) is 0 Å². The largest absolute Gasteiger partial charge is 0.478 e. The zero-order valence-electron chi connectivity index (χ0n) is 7.69. The Morgan fingerprint density at radius 3 is 2.43 bits per heavy atom. The van der Waals surface area contributed by atoms with Crippen LogP contribution in [0.5, 0.6) is 0 Å². The number of carboxylic acids is 1. The molecule has 0 spiro atoms. The number of rotatable bonds is 5. The molecule has 0 aliphatic heterocycles. The van der Waals surface area contributed by atoms with Gasteiger partial charge in [0.1, 0.15) is 0 Å². The lowest BCUT2D eigenvalue weighted by atomic mass is 10.2. The van der Waals surface area contributed by atoms with Gasteiger partial charge in [-0.05, 0) is 6.92 Å². The predicted molar refractivity (Wildman–Crippen MR) is 44.9 cm³/mol. The maximum atomic E-state index is 11.8. The molecule has 0 aliphatic carbocycles. The van der Waals surface area contributed by atoms with Crippen molar-refractivity contribution in [1.82, 2.24) is 5.32 Å². The fourth-order valence-electron chi connectivity index (χ4n) is 0.792. The van der Waals surface area contributed by atoms with Crippen molar-refractivity contribution in [1.29, 1.82) is 0 Å². The minimum atomic E-state index is -4.24. The van der Waals surface area contributed by atoms with Gasteiger partial charge in [0, 0.05) is 18.2 Å². The number of nitrogens with one attached hydrogen (secondary N) is 1. The molecule has 0 aromatic carbocycles. The first-order valence-corrected chi connectivity index (χ1v) is 3.93. The second kappa shape index (κ2) is 4.99. The molecular formula is C8H12F3NO2. The molecule has 0 rings (SSSR count). The smallest absolute Gasteiger partial charge is 0.390 e. The van der Waals surface area contributed by atoms with Crippen molar-refractivity contribution in [2.24, 2.45) is 0 Å². The number of aliphatic carboxylic acids is 1. The summed E-state index contributed by atoms with van der Waals surface area (Å²) in [6, 6.07) is -0.814. The van der Waals surface area contributed by atoms with Gasteiger partial charge in [0.25, 0.3) is 0 Å². The molecule has 0 saturated carbocycles. The molecule has 0 saturated heterocycles. The summed E-state index contributed by atoms with van der Waals surface area (Å²) < 4.78 is 35.4. The molecule has 6 heteroatoms. The Balaban J connectivity index is 3.80. The van der Waals surface area contributed by atoms with Crippen LogP contribution in [0, 0.1) is 0 Å². The molecule has 14 heavy (non-hydrogen) atoms. The molecule has 1 atom stereocenters.